The molecule has 4 aromatic heterocycles. The minimum absolute atomic E-state index is 0.0452. The Labute approximate surface area is 163 Å². The van der Waals surface area contributed by atoms with Crippen LogP contribution < -0.4 is 11.1 Å². The molecule has 8 nitrogen and oxygen atoms in total. The lowest BCUT2D eigenvalue weighted by Gasteiger charge is -2.16. The van der Waals surface area contributed by atoms with Gasteiger partial charge in [-0.2, -0.15) is 5.26 Å². The average Bonchev–Trinajstić information content (AvgIpc) is 3.07. The van der Waals surface area contributed by atoms with E-state index in [-0.39, 0.29) is 17.2 Å². The zero-order valence-electron chi connectivity index (χ0n) is 15.1. The van der Waals surface area contributed by atoms with E-state index in [2.05, 4.69) is 25.3 Å². The van der Waals surface area contributed by atoms with Gasteiger partial charge in [-0.1, -0.05) is 0 Å². The number of imidazole rings is 1. The molecule has 0 unspecified atom stereocenters. The van der Waals surface area contributed by atoms with Gasteiger partial charge in [-0.3, -0.25) is 9.38 Å². The Morgan fingerprint density at radius 3 is 2.79 bits per heavy atom. The van der Waals surface area contributed by atoms with Gasteiger partial charge in [-0.05, 0) is 25.1 Å². The highest BCUT2D eigenvalue weighted by atomic mass is 19.1. The molecule has 10 heteroatoms. The standard InChI is InChI=1S/C19H14F2N8/c1-10(27-19-14(5-22)18(23)25-9-26-19)16-17(11-4-13(21)7-24-6-11)29-8-12(20)2-3-15(29)28-16/h2-4,6-10H,1H3,(H3,23,25,26,27)/t10-/m0/s1. The van der Waals surface area contributed by atoms with E-state index >= 15 is 0 Å². The monoisotopic (exact) mass is 392 g/mol. The molecule has 29 heavy (non-hydrogen) atoms. The molecule has 1 atom stereocenters. The number of pyridine rings is 2. The van der Waals surface area contributed by atoms with Gasteiger partial charge in [0.25, 0.3) is 0 Å². The normalized spacial score (nSPS) is 11.9. The summed E-state index contributed by atoms with van der Waals surface area (Å²) < 4.78 is 29.2. The van der Waals surface area contributed by atoms with Crippen LogP contribution in [0.2, 0.25) is 0 Å². The number of hydrogen-bond acceptors (Lipinski definition) is 7. The maximum atomic E-state index is 13.9. The molecule has 0 saturated carbocycles. The first-order valence-electron chi connectivity index (χ1n) is 8.53. The molecular formula is C19H14F2N8. The molecule has 0 spiro atoms. The van der Waals surface area contributed by atoms with Gasteiger partial charge in [0.15, 0.2) is 0 Å². The first-order valence-corrected chi connectivity index (χ1v) is 8.53. The molecule has 0 aliphatic rings. The lowest BCUT2D eigenvalue weighted by atomic mass is 10.1. The number of anilines is 2. The van der Waals surface area contributed by atoms with Gasteiger partial charge in [0, 0.05) is 18.0 Å². The van der Waals surface area contributed by atoms with Crippen molar-refractivity contribution in [1.29, 1.82) is 5.26 Å². The first-order chi connectivity index (χ1) is 14.0. The van der Waals surface area contributed by atoms with Crippen molar-refractivity contribution in [3.63, 3.8) is 0 Å². The summed E-state index contributed by atoms with van der Waals surface area (Å²) in [7, 11) is 0. The highest BCUT2D eigenvalue weighted by Gasteiger charge is 2.22. The van der Waals surface area contributed by atoms with E-state index in [1.807, 2.05) is 6.07 Å². The lowest BCUT2D eigenvalue weighted by molar-refractivity contribution is 0.619. The summed E-state index contributed by atoms with van der Waals surface area (Å²) in [4.78, 5) is 16.3. The van der Waals surface area contributed by atoms with Crippen LogP contribution in [0, 0.1) is 23.0 Å². The van der Waals surface area contributed by atoms with Crippen LogP contribution in [0.5, 0.6) is 0 Å². The third-order valence-corrected chi connectivity index (χ3v) is 4.34. The second-order valence-corrected chi connectivity index (χ2v) is 6.27. The number of nitrogens with zero attached hydrogens (tertiary/aromatic N) is 6. The Kier molecular flexibility index (Phi) is 4.48. The van der Waals surface area contributed by atoms with Crippen LogP contribution in [-0.4, -0.2) is 24.3 Å². The predicted octanol–water partition coefficient (Wildman–Crippen LogP) is 3.09. The van der Waals surface area contributed by atoms with Gasteiger partial charge in [0.2, 0.25) is 0 Å². The first kappa shape index (κ1) is 18.2. The number of nitrogen functional groups attached to an aromatic ring is 1. The Balaban J connectivity index is 1.87. The van der Waals surface area contributed by atoms with Crippen LogP contribution in [0.25, 0.3) is 16.9 Å². The summed E-state index contributed by atoms with van der Waals surface area (Å²) in [6.45, 7) is 1.79. The zero-order valence-corrected chi connectivity index (χ0v) is 15.1. The number of rotatable bonds is 4. The molecule has 0 aliphatic carbocycles. The van der Waals surface area contributed by atoms with E-state index in [4.69, 9.17) is 5.73 Å². The molecule has 3 N–H and O–H groups in total. The lowest BCUT2D eigenvalue weighted by Crippen LogP contribution is -2.12. The fourth-order valence-electron chi connectivity index (χ4n) is 3.06. The maximum absolute atomic E-state index is 13.9. The minimum atomic E-state index is -0.532. The fourth-order valence-corrected chi connectivity index (χ4v) is 3.06. The summed E-state index contributed by atoms with van der Waals surface area (Å²) in [5, 5.41) is 12.4. The molecule has 4 rings (SSSR count). The number of nitrogens with one attached hydrogen (secondary N) is 1. The van der Waals surface area contributed by atoms with Gasteiger partial charge >= 0.3 is 0 Å². The van der Waals surface area contributed by atoms with Gasteiger partial charge in [-0.25, -0.2) is 23.7 Å². The van der Waals surface area contributed by atoms with Gasteiger partial charge in [0.1, 0.15) is 46.9 Å². The topological polar surface area (TPSA) is 118 Å². The molecular weight excluding hydrogens is 378 g/mol. The van der Waals surface area contributed by atoms with Crippen molar-refractivity contribution in [2.45, 2.75) is 13.0 Å². The van der Waals surface area contributed by atoms with Gasteiger partial charge < -0.3 is 11.1 Å². The van der Waals surface area contributed by atoms with Gasteiger partial charge in [-0.15, -0.1) is 0 Å². The summed E-state index contributed by atoms with van der Waals surface area (Å²) >= 11 is 0. The molecule has 0 amide bonds. The van der Waals surface area contributed by atoms with Crippen LogP contribution >= 0.6 is 0 Å². The van der Waals surface area contributed by atoms with E-state index in [0.29, 0.717) is 22.6 Å². The van der Waals surface area contributed by atoms with Crippen molar-refractivity contribution >= 4 is 17.3 Å². The Hall–Kier alpha value is -4.13. The van der Waals surface area contributed by atoms with Crippen molar-refractivity contribution in [2.24, 2.45) is 0 Å². The third-order valence-electron chi connectivity index (χ3n) is 4.34. The second-order valence-electron chi connectivity index (χ2n) is 6.27. The molecule has 0 saturated heterocycles. The molecule has 0 aliphatic heterocycles. The number of hydrogen-bond donors (Lipinski definition) is 2. The fraction of sp³-hybridized carbons (Fsp3) is 0.105. The summed E-state index contributed by atoms with van der Waals surface area (Å²) in [6.07, 6.45) is 5.05. The highest BCUT2D eigenvalue weighted by molar-refractivity contribution is 5.69. The zero-order chi connectivity index (χ0) is 20.5. The predicted molar refractivity (Wildman–Crippen MR) is 102 cm³/mol. The Bertz CT molecular complexity index is 1260. The van der Waals surface area contributed by atoms with Crippen LogP contribution in [0.15, 0.2) is 43.1 Å². The number of nitrogens with two attached hydrogens (primary N) is 1. The average molecular weight is 392 g/mol. The van der Waals surface area contributed by atoms with Crippen molar-refractivity contribution < 1.29 is 8.78 Å². The smallest absolute Gasteiger partial charge is 0.150 e. The van der Waals surface area contributed by atoms with E-state index in [9.17, 15) is 14.0 Å². The Morgan fingerprint density at radius 2 is 2.03 bits per heavy atom. The summed E-state index contributed by atoms with van der Waals surface area (Å²) in [5.74, 6) is -0.721. The van der Waals surface area contributed by atoms with Crippen LogP contribution in [0.1, 0.15) is 24.2 Å². The molecule has 4 heterocycles. The molecule has 0 radical (unpaired) electrons. The third kappa shape index (κ3) is 3.29. The van der Waals surface area contributed by atoms with Crippen molar-refractivity contribution in [1.82, 2.24) is 24.3 Å². The number of aromatic nitrogens is 5. The number of fused-ring (bicyclic) bond motifs is 1. The van der Waals surface area contributed by atoms with E-state index in [1.54, 1.807) is 6.92 Å². The SMILES string of the molecule is C[C@H](Nc1ncnc(N)c1C#N)c1nc2ccc(F)cn2c1-c1cncc(F)c1. The number of halogens is 2. The van der Waals surface area contributed by atoms with Crippen molar-refractivity contribution in [3.8, 4) is 17.3 Å². The van der Waals surface area contributed by atoms with Gasteiger partial charge in [0.05, 0.1) is 23.6 Å². The van der Waals surface area contributed by atoms with Crippen LogP contribution in [0.4, 0.5) is 20.4 Å². The van der Waals surface area contributed by atoms with E-state index in [1.165, 1.54) is 41.3 Å². The maximum Gasteiger partial charge on any atom is 0.150 e. The van der Waals surface area contributed by atoms with Crippen LogP contribution in [-0.2, 0) is 0 Å². The highest BCUT2D eigenvalue weighted by Crippen LogP contribution is 2.31. The minimum Gasteiger partial charge on any atom is -0.382 e. The molecule has 0 aromatic carbocycles. The van der Waals surface area contributed by atoms with Crippen LogP contribution in [0.3, 0.4) is 0 Å². The summed E-state index contributed by atoms with van der Waals surface area (Å²) in [5.41, 5.74) is 7.69. The van der Waals surface area contributed by atoms with E-state index < -0.39 is 17.7 Å². The van der Waals surface area contributed by atoms with E-state index in [0.717, 1.165) is 6.20 Å². The second kappa shape index (κ2) is 7.12. The summed E-state index contributed by atoms with van der Waals surface area (Å²) in [6, 6.07) is 5.57. The quantitative estimate of drug-likeness (QED) is 0.548. The molecule has 144 valence electrons. The number of nitriles is 1. The van der Waals surface area contributed by atoms with Crippen molar-refractivity contribution in [3.05, 3.63) is 66.0 Å². The Morgan fingerprint density at radius 1 is 1.21 bits per heavy atom. The van der Waals surface area contributed by atoms with Crippen molar-refractivity contribution in [2.75, 3.05) is 11.1 Å². The molecule has 0 fully saturated rings. The largest absolute Gasteiger partial charge is 0.382 e. The molecule has 4 aromatic rings. The molecule has 0 bridgehead atoms.